The lowest BCUT2D eigenvalue weighted by Crippen LogP contribution is -2.26. The van der Waals surface area contributed by atoms with Gasteiger partial charge >= 0.3 is 0 Å². The number of ether oxygens (including phenoxy) is 1. The molecule has 2 aliphatic carbocycles. The molecule has 0 aliphatic heterocycles. The van der Waals surface area contributed by atoms with Gasteiger partial charge in [-0.25, -0.2) is 0 Å². The fourth-order valence-electron chi connectivity index (χ4n) is 4.51. The van der Waals surface area contributed by atoms with Gasteiger partial charge in [0.2, 0.25) is 0 Å². The summed E-state index contributed by atoms with van der Waals surface area (Å²) in [6, 6.07) is 2.07. The zero-order chi connectivity index (χ0) is 17.0. The maximum atomic E-state index is 8.50. The summed E-state index contributed by atoms with van der Waals surface area (Å²) in [6.45, 7) is 3.32. The van der Waals surface area contributed by atoms with Crippen molar-refractivity contribution in [2.75, 3.05) is 6.61 Å². The largest absolute Gasteiger partial charge is 0.378 e. The average Bonchev–Trinajstić information content (AvgIpc) is 2.64. The van der Waals surface area contributed by atoms with Crippen LogP contribution in [0.5, 0.6) is 0 Å². The van der Waals surface area contributed by atoms with Crippen molar-refractivity contribution < 1.29 is 4.74 Å². The zero-order valence-electron chi connectivity index (χ0n) is 15.7. The maximum absolute atomic E-state index is 8.50. The highest BCUT2D eigenvalue weighted by Crippen LogP contribution is 2.34. The Morgan fingerprint density at radius 1 is 0.917 bits per heavy atom. The molecule has 2 nitrogen and oxygen atoms in total. The van der Waals surface area contributed by atoms with Crippen molar-refractivity contribution in [3.63, 3.8) is 0 Å². The van der Waals surface area contributed by atoms with Crippen LogP contribution in [0.1, 0.15) is 90.4 Å². The molecule has 0 aromatic carbocycles. The van der Waals surface area contributed by atoms with Crippen LogP contribution in [0, 0.1) is 29.1 Å². The molecule has 0 bridgehead atoms. The van der Waals surface area contributed by atoms with Crippen LogP contribution in [0.15, 0.2) is 12.2 Å². The Kier molecular flexibility index (Phi) is 9.51. The van der Waals surface area contributed by atoms with Gasteiger partial charge in [0.15, 0.2) is 0 Å². The first-order valence-corrected chi connectivity index (χ1v) is 10.5. The molecule has 0 heterocycles. The molecule has 2 fully saturated rings. The van der Waals surface area contributed by atoms with E-state index in [4.69, 9.17) is 10.00 Å². The molecule has 0 unspecified atom stereocenters. The van der Waals surface area contributed by atoms with Gasteiger partial charge in [-0.15, -0.1) is 0 Å². The van der Waals surface area contributed by atoms with Crippen molar-refractivity contribution in [2.45, 2.75) is 96.5 Å². The Labute approximate surface area is 149 Å². The number of rotatable bonds is 9. The van der Waals surface area contributed by atoms with Crippen LogP contribution in [-0.2, 0) is 4.74 Å². The fourth-order valence-corrected chi connectivity index (χ4v) is 4.51. The van der Waals surface area contributed by atoms with Gasteiger partial charge in [-0.05, 0) is 69.1 Å². The van der Waals surface area contributed by atoms with E-state index in [0.717, 1.165) is 30.8 Å². The fraction of sp³-hybridized carbons (Fsp3) is 0.864. The van der Waals surface area contributed by atoms with E-state index in [2.05, 4.69) is 13.0 Å². The predicted molar refractivity (Wildman–Crippen MR) is 101 cm³/mol. The van der Waals surface area contributed by atoms with Crippen LogP contribution >= 0.6 is 0 Å². The minimum Gasteiger partial charge on any atom is -0.378 e. The highest BCUT2D eigenvalue weighted by Gasteiger charge is 2.24. The molecule has 24 heavy (non-hydrogen) atoms. The third kappa shape index (κ3) is 7.39. The van der Waals surface area contributed by atoms with Gasteiger partial charge in [-0.1, -0.05) is 45.1 Å². The number of allylic oxidation sites excluding steroid dienone is 2. The monoisotopic (exact) mass is 331 g/mol. The molecule has 0 saturated heterocycles. The summed E-state index contributed by atoms with van der Waals surface area (Å²) in [5.74, 6) is 2.69. The second-order valence-corrected chi connectivity index (χ2v) is 8.11. The summed E-state index contributed by atoms with van der Waals surface area (Å²) in [5.41, 5.74) is 0. The van der Waals surface area contributed by atoms with E-state index in [1.165, 1.54) is 77.0 Å². The van der Waals surface area contributed by atoms with Gasteiger partial charge < -0.3 is 4.74 Å². The van der Waals surface area contributed by atoms with Crippen LogP contribution in [0.2, 0.25) is 0 Å². The van der Waals surface area contributed by atoms with E-state index in [0.29, 0.717) is 6.10 Å². The highest BCUT2D eigenvalue weighted by atomic mass is 16.5. The first kappa shape index (κ1) is 19.5. The summed E-state index contributed by atoms with van der Waals surface area (Å²) in [5, 5.41) is 8.50. The summed E-state index contributed by atoms with van der Waals surface area (Å²) >= 11 is 0. The van der Waals surface area contributed by atoms with E-state index >= 15 is 0 Å². The van der Waals surface area contributed by atoms with Gasteiger partial charge in [-0.2, -0.15) is 5.26 Å². The molecule has 2 aliphatic rings. The van der Waals surface area contributed by atoms with E-state index in [9.17, 15) is 0 Å². The number of hydrogen-bond donors (Lipinski definition) is 0. The molecule has 0 spiro atoms. The second kappa shape index (κ2) is 11.7. The lowest BCUT2D eigenvalue weighted by Gasteiger charge is -2.32. The summed E-state index contributed by atoms with van der Waals surface area (Å²) in [7, 11) is 0. The van der Waals surface area contributed by atoms with Gasteiger partial charge in [0.05, 0.1) is 12.2 Å². The molecule has 0 N–H and O–H groups in total. The molecule has 2 rings (SSSR count). The average molecular weight is 332 g/mol. The summed E-state index contributed by atoms with van der Waals surface area (Å²) in [6.07, 6.45) is 21.5. The lowest BCUT2D eigenvalue weighted by molar-refractivity contribution is -0.0102. The first-order chi connectivity index (χ1) is 11.8. The minimum absolute atomic E-state index is 0.522. The Balaban J connectivity index is 1.52. The standard InChI is InChI=1S/C22H37NO/c1-2-3-7-19-9-11-21(12-10-19)18-24-22-15-13-20(14-16-22)8-5-4-6-17-23/h4,6,19-22H,2-3,5,7-16,18H2,1H3. The maximum Gasteiger partial charge on any atom is 0.0908 e. The first-order valence-electron chi connectivity index (χ1n) is 10.5. The van der Waals surface area contributed by atoms with Gasteiger partial charge in [0.25, 0.3) is 0 Å². The van der Waals surface area contributed by atoms with Crippen molar-refractivity contribution >= 4 is 0 Å². The van der Waals surface area contributed by atoms with Crippen LogP contribution in [0.25, 0.3) is 0 Å². The Hall–Kier alpha value is -0.810. The lowest BCUT2D eigenvalue weighted by atomic mass is 9.80. The van der Waals surface area contributed by atoms with E-state index in [-0.39, 0.29) is 0 Å². The molecule has 136 valence electrons. The number of hydrogen-bond acceptors (Lipinski definition) is 2. The third-order valence-corrected chi connectivity index (χ3v) is 6.23. The van der Waals surface area contributed by atoms with Crippen LogP contribution < -0.4 is 0 Å². The molecule has 0 radical (unpaired) electrons. The van der Waals surface area contributed by atoms with Crippen LogP contribution in [0.3, 0.4) is 0 Å². The molecule has 0 atom stereocenters. The SMILES string of the molecule is CCCCC1CCC(COC2CCC(CCC=CC#N)CC2)CC1. The Morgan fingerprint density at radius 3 is 2.21 bits per heavy atom. The number of nitrogens with zero attached hydrogens (tertiary/aromatic N) is 1. The molecule has 2 heteroatoms. The topological polar surface area (TPSA) is 33.0 Å². The van der Waals surface area contributed by atoms with Crippen molar-refractivity contribution in [3.8, 4) is 6.07 Å². The van der Waals surface area contributed by atoms with Crippen LogP contribution in [-0.4, -0.2) is 12.7 Å². The smallest absolute Gasteiger partial charge is 0.0908 e. The minimum atomic E-state index is 0.522. The number of nitriles is 1. The van der Waals surface area contributed by atoms with Gasteiger partial charge in [0, 0.05) is 12.7 Å². The van der Waals surface area contributed by atoms with Crippen molar-refractivity contribution in [3.05, 3.63) is 12.2 Å². The summed E-state index contributed by atoms with van der Waals surface area (Å²) in [4.78, 5) is 0. The van der Waals surface area contributed by atoms with Crippen molar-refractivity contribution in [1.29, 1.82) is 5.26 Å². The Morgan fingerprint density at radius 2 is 1.54 bits per heavy atom. The molecule has 0 amide bonds. The number of unbranched alkanes of at least 4 members (excludes halogenated alkanes) is 1. The van der Waals surface area contributed by atoms with E-state index in [1.54, 1.807) is 6.08 Å². The predicted octanol–water partition coefficient (Wildman–Crippen LogP) is 6.42. The van der Waals surface area contributed by atoms with Crippen LogP contribution in [0.4, 0.5) is 0 Å². The van der Waals surface area contributed by atoms with E-state index in [1.807, 2.05) is 6.08 Å². The van der Waals surface area contributed by atoms with Crippen molar-refractivity contribution in [2.24, 2.45) is 17.8 Å². The molecule has 2 saturated carbocycles. The summed E-state index contributed by atoms with van der Waals surface area (Å²) < 4.78 is 6.27. The normalized spacial score (nSPS) is 31.2. The molecular formula is C22H37NO. The van der Waals surface area contributed by atoms with Crippen molar-refractivity contribution in [1.82, 2.24) is 0 Å². The molecular weight excluding hydrogens is 294 g/mol. The van der Waals surface area contributed by atoms with Gasteiger partial charge in [0.1, 0.15) is 0 Å². The highest BCUT2D eigenvalue weighted by molar-refractivity contribution is 5.01. The quantitative estimate of drug-likeness (QED) is 0.457. The van der Waals surface area contributed by atoms with Gasteiger partial charge in [-0.3, -0.25) is 0 Å². The Bertz CT molecular complexity index is 381. The molecule has 0 aromatic rings. The second-order valence-electron chi connectivity index (χ2n) is 8.11. The zero-order valence-corrected chi connectivity index (χ0v) is 15.7. The van der Waals surface area contributed by atoms with E-state index < -0.39 is 0 Å². The molecule has 0 aromatic heterocycles. The third-order valence-electron chi connectivity index (χ3n) is 6.23.